The standard InChI is InChI=1S/C22H28N2O2/c1-4-20(25)21(18-11-7-5-8-12-18)24-15-16-26-22(17-24,23(2)3)19-13-9-6-10-14-19/h5-14,21H,4,15-17H2,1-3H3. The molecule has 0 N–H and O–H groups in total. The van der Waals surface area contributed by atoms with Crippen molar-refractivity contribution in [2.75, 3.05) is 33.8 Å². The number of benzene rings is 2. The number of rotatable bonds is 6. The first-order valence-corrected chi connectivity index (χ1v) is 9.27. The largest absolute Gasteiger partial charge is 0.353 e. The second-order valence-electron chi connectivity index (χ2n) is 7.00. The van der Waals surface area contributed by atoms with Gasteiger partial charge in [-0.15, -0.1) is 0 Å². The third-order valence-electron chi connectivity index (χ3n) is 5.22. The molecule has 1 saturated heterocycles. The molecular weight excluding hydrogens is 324 g/mol. The van der Waals surface area contributed by atoms with Crippen LogP contribution in [-0.4, -0.2) is 49.4 Å². The maximum atomic E-state index is 12.8. The molecule has 2 aromatic carbocycles. The minimum absolute atomic E-state index is 0.229. The summed E-state index contributed by atoms with van der Waals surface area (Å²) in [6.07, 6.45) is 0.525. The van der Waals surface area contributed by atoms with Crippen molar-refractivity contribution in [1.29, 1.82) is 0 Å². The molecule has 4 nitrogen and oxygen atoms in total. The van der Waals surface area contributed by atoms with Crippen LogP contribution in [0.25, 0.3) is 0 Å². The van der Waals surface area contributed by atoms with Gasteiger partial charge in [0.15, 0.2) is 11.5 Å². The highest BCUT2D eigenvalue weighted by Crippen LogP contribution is 2.36. The van der Waals surface area contributed by atoms with Crippen LogP contribution in [0.1, 0.15) is 30.5 Å². The zero-order valence-corrected chi connectivity index (χ0v) is 15.9. The van der Waals surface area contributed by atoms with E-state index in [1.54, 1.807) is 0 Å². The zero-order chi connectivity index (χ0) is 18.6. The van der Waals surface area contributed by atoms with Gasteiger partial charge in [-0.1, -0.05) is 67.6 Å². The van der Waals surface area contributed by atoms with Crippen molar-refractivity contribution in [1.82, 2.24) is 9.80 Å². The topological polar surface area (TPSA) is 32.8 Å². The number of Topliss-reactive ketones (excluding diaryl/α,β-unsaturated/α-hetero) is 1. The van der Waals surface area contributed by atoms with Crippen molar-refractivity contribution < 1.29 is 9.53 Å². The third-order valence-corrected chi connectivity index (χ3v) is 5.22. The minimum Gasteiger partial charge on any atom is -0.353 e. The van der Waals surface area contributed by atoms with Gasteiger partial charge in [-0.3, -0.25) is 14.6 Å². The summed E-state index contributed by atoms with van der Waals surface area (Å²) in [5.41, 5.74) is 1.62. The zero-order valence-electron chi connectivity index (χ0n) is 15.9. The molecule has 0 spiro atoms. The summed E-state index contributed by atoms with van der Waals surface area (Å²) in [5, 5.41) is 0. The summed E-state index contributed by atoms with van der Waals surface area (Å²) >= 11 is 0. The van der Waals surface area contributed by atoms with Crippen LogP contribution < -0.4 is 0 Å². The smallest absolute Gasteiger partial charge is 0.160 e. The molecule has 138 valence electrons. The van der Waals surface area contributed by atoms with Gasteiger partial charge in [0, 0.05) is 25.1 Å². The van der Waals surface area contributed by atoms with E-state index in [9.17, 15) is 4.79 Å². The molecule has 2 atom stereocenters. The predicted octanol–water partition coefficient (Wildman–Crippen LogP) is 3.45. The molecule has 0 saturated carbocycles. The van der Waals surface area contributed by atoms with E-state index in [4.69, 9.17) is 4.74 Å². The molecule has 0 amide bonds. The number of ether oxygens (including phenoxy) is 1. The first-order chi connectivity index (χ1) is 12.6. The molecule has 1 aliphatic heterocycles. The number of likely N-dealkylation sites (N-methyl/N-ethyl adjacent to an activating group) is 1. The van der Waals surface area contributed by atoms with Crippen LogP contribution in [0, 0.1) is 0 Å². The number of ketones is 1. The summed E-state index contributed by atoms with van der Waals surface area (Å²) in [4.78, 5) is 17.2. The predicted molar refractivity (Wildman–Crippen MR) is 104 cm³/mol. The second-order valence-corrected chi connectivity index (χ2v) is 7.00. The molecule has 1 aliphatic rings. The van der Waals surface area contributed by atoms with E-state index >= 15 is 0 Å². The number of morpholine rings is 1. The van der Waals surface area contributed by atoms with Crippen molar-refractivity contribution in [2.24, 2.45) is 0 Å². The molecule has 26 heavy (non-hydrogen) atoms. The fourth-order valence-corrected chi connectivity index (χ4v) is 3.78. The number of hydrogen-bond donors (Lipinski definition) is 0. The van der Waals surface area contributed by atoms with E-state index in [0.29, 0.717) is 19.6 Å². The van der Waals surface area contributed by atoms with Gasteiger partial charge >= 0.3 is 0 Å². The summed E-state index contributed by atoms with van der Waals surface area (Å²) in [7, 11) is 4.07. The van der Waals surface area contributed by atoms with E-state index in [1.165, 1.54) is 0 Å². The van der Waals surface area contributed by atoms with Gasteiger partial charge in [-0.25, -0.2) is 0 Å². The Balaban J connectivity index is 1.98. The number of hydrogen-bond acceptors (Lipinski definition) is 4. The highest BCUT2D eigenvalue weighted by Gasteiger charge is 2.43. The Morgan fingerprint density at radius 1 is 1.12 bits per heavy atom. The van der Waals surface area contributed by atoms with E-state index in [1.807, 2.05) is 69.6 Å². The molecule has 0 radical (unpaired) electrons. The lowest BCUT2D eigenvalue weighted by atomic mass is 9.94. The van der Waals surface area contributed by atoms with Gasteiger partial charge in [-0.2, -0.15) is 0 Å². The van der Waals surface area contributed by atoms with Crippen molar-refractivity contribution in [2.45, 2.75) is 25.1 Å². The van der Waals surface area contributed by atoms with Crippen LogP contribution in [0.2, 0.25) is 0 Å². The molecule has 0 bridgehead atoms. The van der Waals surface area contributed by atoms with Crippen molar-refractivity contribution in [3.63, 3.8) is 0 Å². The lowest BCUT2D eigenvalue weighted by molar-refractivity contribution is -0.197. The lowest BCUT2D eigenvalue weighted by Gasteiger charge is -2.48. The van der Waals surface area contributed by atoms with Gasteiger partial charge in [0.2, 0.25) is 0 Å². The van der Waals surface area contributed by atoms with E-state index in [0.717, 1.165) is 17.7 Å². The van der Waals surface area contributed by atoms with Gasteiger partial charge in [0.05, 0.1) is 12.6 Å². The quantitative estimate of drug-likeness (QED) is 0.797. The number of nitrogens with zero attached hydrogens (tertiary/aromatic N) is 2. The SMILES string of the molecule is CCC(=O)C(c1ccccc1)N1CCOC(c2ccccc2)(N(C)C)C1. The summed E-state index contributed by atoms with van der Waals surface area (Å²) in [5.74, 6) is 0.249. The van der Waals surface area contributed by atoms with Crippen molar-refractivity contribution in [3.8, 4) is 0 Å². The second kappa shape index (κ2) is 8.12. The monoisotopic (exact) mass is 352 g/mol. The highest BCUT2D eigenvalue weighted by molar-refractivity contribution is 5.85. The van der Waals surface area contributed by atoms with Gasteiger partial charge in [0.25, 0.3) is 0 Å². The van der Waals surface area contributed by atoms with Gasteiger partial charge in [-0.05, 0) is 19.7 Å². The number of carbonyl (C=O) groups is 1. The summed E-state index contributed by atoms with van der Waals surface area (Å²) < 4.78 is 6.32. The van der Waals surface area contributed by atoms with Crippen LogP contribution in [0.3, 0.4) is 0 Å². The van der Waals surface area contributed by atoms with Crippen LogP contribution in [-0.2, 0) is 15.3 Å². The first-order valence-electron chi connectivity index (χ1n) is 9.27. The van der Waals surface area contributed by atoms with Crippen molar-refractivity contribution in [3.05, 3.63) is 71.8 Å². The van der Waals surface area contributed by atoms with Gasteiger partial charge < -0.3 is 4.74 Å². The fraction of sp³-hybridized carbons (Fsp3) is 0.409. The molecule has 2 unspecified atom stereocenters. The van der Waals surface area contributed by atoms with E-state index in [-0.39, 0.29) is 11.8 Å². The Labute approximate surface area is 156 Å². The molecule has 0 aliphatic carbocycles. The Morgan fingerprint density at radius 3 is 2.31 bits per heavy atom. The molecule has 2 aromatic rings. The lowest BCUT2D eigenvalue weighted by Crippen LogP contribution is -2.58. The average molecular weight is 352 g/mol. The Kier molecular flexibility index (Phi) is 5.87. The maximum absolute atomic E-state index is 12.8. The van der Waals surface area contributed by atoms with Crippen molar-refractivity contribution >= 4 is 5.78 Å². The normalized spacial score (nSPS) is 22.3. The minimum atomic E-state index is -0.555. The van der Waals surface area contributed by atoms with Crippen LogP contribution in [0.5, 0.6) is 0 Å². The molecule has 1 fully saturated rings. The third kappa shape index (κ3) is 3.58. The van der Waals surface area contributed by atoms with E-state index in [2.05, 4.69) is 21.9 Å². The van der Waals surface area contributed by atoms with Gasteiger partial charge in [0.1, 0.15) is 0 Å². The van der Waals surface area contributed by atoms with Crippen LogP contribution >= 0.6 is 0 Å². The van der Waals surface area contributed by atoms with Crippen LogP contribution in [0.4, 0.5) is 0 Å². The number of carbonyl (C=O) groups excluding carboxylic acids is 1. The summed E-state index contributed by atoms with van der Waals surface area (Å²) in [6, 6.07) is 20.2. The molecule has 3 rings (SSSR count). The highest BCUT2D eigenvalue weighted by atomic mass is 16.5. The molecular formula is C22H28N2O2. The molecule has 0 aromatic heterocycles. The van der Waals surface area contributed by atoms with Crippen LogP contribution in [0.15, 0.2) is 60.7 Å². The van der Waals surface area contributed by atoms with E-state index < -0.39 is 5.72 Å². The Bertz CT molecular complexity index is 717. The first kappa shape index (κ1) is 18.8. The molecule has 4 heteroatoms. The summed E-state index contributed by atoms with van der Waals surface area (Å²) in [6.45, 7) is 3.92. The maximum Gasteiger partial charge on any atom is 0.160 e. The average Bonchev–Trinajstić information content (AvgIpc) is 2.69. The molecule has 1 heterocycles. The Hall–Kier alpha value is -2.01. The fourth-order valence-electron chi connectivity index (χ4n) is 3.78. The Morgan fingerprint density at radius 2 is 1.73 bits per heavy atom.